The van der Waals surface area contributed by atoms with Crippen LogP contribution >= 0.6 is 0 Å². The van der Waals surface area contributed by atoms with Crippen LogP contribution in [-0.4, -0.2) is 35.1 Å². The minimum Gasteiger partial charge on any atom is -0.340 e. The van der Waals surface area contributed by atoms with Gasteiger partial charge in [-0.15, -0.1) is 0 Å². The average molecular weight is 355 g/mol. The van der Waals surface area contributed by atoms with E-state index in [0.29, 0.717) is 6.54 Å². The third-order valence-electron chi connectivity index (χ3n) is 5.34. The fraction of sp³-hybridized carbons (Fsp3) is 0.524. The zero-order chi connectivity index (χ0) is 18.7. The molecule has 0 radical (unpaired) electrons. The summed E-state index contributed by atoms with van der Waals surface area (Å²) in [4.78, 5) is 16.4. The Morgan fingerprint density at radius 3 is 2.50 bits per heavy atom. The lowest BCUT2D eigenvalue weighted by molar-refractivity contribution is -0.131. The number of amides is 1. The second-order valence-corrected chi connectivity index (χ2v) is 7.28. The maximum Gasteiger partial charge on any atom is 0.232 e. The lowest BCUT2D eigenvalue weighted by Crippen LogP contribution is -2.36. The molecule has 1 saturated heterocycles. The second kappa shape index (κ2) is 7.94. The van der Waals surface area contributed by atoms with Gasteiger partial charge in [0.05, 0.1) is 12.1 Å². The van der Waals surface area contributed by atoms with Crippen LogP contribution in [0.15, 0.2) is 28.8 Å². The van der Waals surface area contributed by atoms with Crippen molar-refractivity contribution in [3.05, 3.63) is 35.4 Å². The molecule has 1 aliphatic heterocycles. The molecule has 3 rings (SSSR count). The van der Waals surface area contributed by atoms with E-state index in [4.69, 9.17) is 4.52 Å². The first-order valence-corrected chi connectivity index (χ1v) is 9.59. The van der Waals surface area contributed by atoms with E-state index in [1.807, 2.05) is 4.90 Å². The quantitative estimate of drug-likeness (QED) is 0.771. The van der Waals surface area contributed by atoms with E-state index in [1.165, 1.54) is 18.4 Å². The van der Waals surface area contributed by atoms with Crippen molar-refractivity contribution in [1.82, 2.24) is 10.1 Å². The lowest BCUT2D eigenvalue weighted by Gasteiger charge is -2.28. The molecule has 2 heterocycles. The van der Waals surface area contributed by atoms with Crippen LogP contribution in [0.25, 0.3) is 11.3 Å². The van der Waals surface area contributed by atoms with Gasteiger partial charge in [-0.25, -0.2) is 0 Å². The molecule has 2 aromatic rings. The number of hydrogen-bond acceptors (Lipinski definition) is 4. The van der Waals surface area contributed by atoms with Gasteiger partial charge in [-0.2, -0.15) is 0 Å². The van der Waals surface area contributed by atoms with E-state index in [0.717, 1.165) is 42.2 Å². The first-order chi connectivity index (χ1) is 12.5. The monoisotopic (exact) mass is 355 g/mol. The summed E-state index contributed by atoms with van der Waals surface area (Å²) in [7, 11) is 0. The van der Waals surface area contributed by atoms with Crippen LogP contribution in [-0.2, 0) is 11.3 Å². The van der Waals surface area contributed by atoms with Gasteiger partial charge in [0.2, 0.25) is 11.8 Å². The molecule has 1 fully saturated rings. The van der Waals surface area contributed by atoms with Crippen molar-refractivity contribution in [3.63, 3.8) is 0 Å². The van der Waals surface area contributed by atoms with Gasteiger partial charge < -0.3 is 14.3 Å². The van der Waals surface area contributed by atoms with E-state index in [9.17, 15) is 4.79 Å². The van der Waals surface area contributed by atoms with Gasteiger partial charge >= 0.3 is 0 Å². The molecule has 0 spiro atoms. The predicted octanol–water partition coefficient (Wildman–Crippen LogP) is 4.40. The number of nitrogens with zero attached hydrogens (tertiary/aromatic N) is 3. The van der Waals surface area contributed by atoms with Gasteiger partial charge in [-0.05, 0) is 33.1 Å². The molecular weight excluding hydrogens is 326 g/mol. The van der Waals surface area contributed by atoms with Crippen LogP contribution < -0.4 is 4.90 Å². The van der Waals surface area contributed by atoms with Crippen LogP contribution in [0.1, 0.15) is 51.2 Å². The Morgan fingerprint density at radius 2 is 1.92 bits per heavy atom. The lowest BCUT2D eigenvalue weighted by atomic mass is 10.0. The summed E-state index contributed by atoms with van der Waals surface area (Å²) < 4.78 is 5.80. The first-order valence-electron chi connectivity index (χ1n) is 9.59. The Balaban J connectivity index is 2.02. The van der Waals surface area contributed by atoms with Gasteiger partial charge in [-0.3, -0.25) is 4.79 Å². The number of hydrogen-bond donors (Lipinski definition) is 0. The molecule has 1 aromatic heterocycles. The van der Waals surface area contributed by atoms with E-state index in [-0.39, 0.29) is 11.9 Å². The molecule has 0 N–H and O–H groups in total. The average Bonchev–Trinajstić information content (AvgIpc) is 3.28. The zero-order valence-corrected chi connectivity index (χ0v) is 16.3. The van der Waals surface area contributed by atoms with Crippen LogP contribution in [0.4, 0.5) is 5.88 Å². The minimum absolute atomic E-state index is 0.0859. The number of carbonyl (C=O) groups excluding carboxylic acids is 1. The number of aromatic nitrogens is 1. The highest BCUT2D eigenvalue weighted by Gasteiger charge is 2.28. The van der Waals surface area contributed by atoms with Crippen LogP contribution in [0.5, 0.6) is 0 Å². The molecular formula is C21H29N3O2. The van der Waals surface area contributed by atoms with Gasteiger partial charge in [-0.1, -0.05) is 41.9 Å². The molecule has 5 heteroatoms. The molecule has 0 bridgehead atoms. The van der Waals surface area contributed by atoms with Crippen molar-refractivity contribution < 1.29 is 9.32 Å². The highest BCUT2D eigenvalue weighted by Crippen LogP contribution is 2.34. The number of anilines is 1. The van der Waals surface area contributed by atoms with E-state index in [2.05, 4.69) is 55.1 Å². The SMILES string of the molecule is CC[C@@H](C)N(Cc1c(-c2ccc(C)cc2)noc1N1CCCC1)C(C)=O. The summed E-state index contributed by atoms with van der Waals surface area (Å²) >= 11 is 0. The Morgan fingerprint density at radius 1 is 1.27 bits per heavy atom. The number of aryl methyl sites for hydroxylation is 1. The third kappa shape index (κ3) is 3.76. The van der Waals surface area contributed by atoms with Gasteiger partial charge in [0.25, 0.3) is 0 Å². The van der Waals surface area contributed by atoms with Crippen LogP contribution in [0.2, 0.25) is 0 Å². The first kappa shape index (κ1) is 18.5. The molecule has 26 heavy (non-hydrogen) atoms. The minimum atomic E-state index is 0.0859. The summed E-state index contributed by atoms with van der Waals surface area (Å²) in [5.41, 5.74) is 4.11. The van der Waals surface area contributed by atoms with Gasteiger partial charge in [0.1, 0.15) is 5.69 Å². The summed E-state index contributed by atoms with van der Waals surface area (Å²) in [6, 6.07) is 8.50. The number of carbonyl (C=O) groups is 1. The predicted molar refractivity (Wildman–Crippen MR) is 104 cm³/mol. The number of rotatable bonds is 6. The summed E-state index contributed by atoms with van der Waals surface area (Å²) in [6.07, 6.45) is 3.26. The highest BCUT2D eigenvalue weighted by molar-refractivity contribution is 5.75. The summed E-state index contributed by atoms with van der Waals surface area (Å²) in [5.74, 6) is 0.912. The van der Waals surface area contributed by atoms with Crippen molar-refractivity contribution in [3.8, 4) is 11.3 Å². The van der Waals surface area contributed by atoms with Crippen LogP contribution in [0, 0.1) is 6.92 Å². The fourth-order valence-electron chi connectivity index (χ4n) is 3.52. The maximum atomic E-state index is 12.3. The van der Waals surface area contributed by atoms with Gasteiger partial charge in [0.15, 0.2) is 0 Å². The van der Waals surface area contributed by atoms with E-state index >= 15 is 0 Å². The van der Waals surface area contributed by atoms with E-state index < -0.39 is 0 Å². The molecule has 1 amide bonds. The molecule has 5 nitrogen and oxygen atoms in total. The van der Waals surface area contributed by atoms with Crippen molar-refractivity contribution in [2.75, 3.05) is 18.0 Å². The molecule has 1 aromatic carbocycles. The maximum absolute atomic E-state index is 12.3. The number of benzene rings is 1. The standard InChI is InChI=1S/C21H29N3O2/c1-5-16(3)24(17(4)25)14-19-20(18-10-8-15(2)9-11-18)22-26-21(19)23-12-6-7-13-23/h8-11,16H,5-7,12-14H2,1-4H3/t16-/m1/s1. The van der Waals surface area contributed by atoms with Crippen LogP contribution in [0.3, 0.4) is 0 Å². The normalized spacial score (nSPS) is 15.3. The smallest absolute Gasteiger partial charge is 0.232 e. The zero-order valence-electron chi connectivity index (χ0n) is 16.3. The Kier molecular flexibility index (Phi) is 5.64. The topological polar surface area (TPSA) is 49.6 Å². The van der Waals surface area contributed by atoms with E-state index in [1.54, 1.807) is 6.92 Å². The molecule has 0 unspecified atom stereocenters. The molecule has 140 valence electrons. The fourth-order valence-corrected chi connectivity index (χ4v) is 3.52. The van der Waals surface area contributed by atoms with Crippen molar-refractivity contribution in [1.29, 1.82) is 0 Å². The highest BCUT2D eigenvalue weighted by atomic mass is 16.5. The van der Waals surface area contributed by atoms with Crippen molar-refractivity contribution >= 4 is 11.8 Å². The molecule has 1 aliphatic rings. The second-order valence-electron chi connectivity index (χ2n) is 7.28. The molecule has 0 saturated carbocycles. The van der Waals surface area contributed by atoms with Crippen molar-refractivity contribution in [2.24, 2.45) is 0 Å². The Labute approximate surface area is 156 Å². The summed E-state index contributed by atoms with van der Waals surface area (Å²) in [6.45, 7) is 10.4. The van der Waals surface area contributed by atoms with Crippen molar-refractivity contribution in [2.45, 2.75) is 59.5 Å². The molecule has 1 atom stereocenters. The third-order valence-corrected chi connectivity index (χ3v) is 5.34. The largest absolute Gasteiger partial charge is 0.340 e. The summed E-state index contributed by atoms with van der Waals surface area (Å²) in [5, 5.41) is 4.40. The van der Waals surface area contributed by atoms with Gasteiger partial charge in [0, 0.05) is 31.6 Å². The molecule has 0 aliphatic carbocycles. The Bertz CT molecular complexity index is 745. The Hall–Kier alpha value is -2.30.